The number of hydrogen-bond donors (Lipinski definition) is 2. The molecule has 9 heteroatoms. The normalized spacial score (nSPS) is 18.3. The number of aromatic nitrogens is 5. The lowest BCUT2D eigenvalue weighted by Crippen LogP contribution is -2.38. The zero-order valence-corrected chi connectivity index (χ0v) is 17.3. The Morgan fingerprint density at radius 3 is 3.03 bits per heavy atom. The molecule has 1 unspecified atom stereocenters. The van der Waals surface area contributed by atoms with Crippen LogP contribution < -0.4 is 10.2 Å². The average Bonchev–Trinajstić information content (AvgIpc) is 3.46. The van der Waals surface area contributed by atoms with Crippen molar-refractivity contribution >= 4 is 23.2 Å². The lowest BCUT2D eigenvalue weighted by Gasteiger charge is -2.17. The molecule has 0 spiro atoms. The van der Waals surface area contributed by atoms with Gasteiger partial charge in [-0.2, -0.15) is 5.10 Å². The molecule has 0 saturated carbocycles. The Bertz CT molecular complexity index is 1070. The van der Waals surface area contributed by atoms with E-state index in [2.05, 4.69) is 30.4 Å². The van der Waals surface area contributed by atoms with Gasteiger partial charge in [0.25, 0.3) is 5.91 Å². The summed E-state index contributed by atoms with van der Waals surface area (Å²) in [4.78, 5) is 29.6. The highest BCUT2D eigenvalue weighted by Gasteiger charge is 2.29. The first kappa shape index (κ1) is 18.2. The summed E-state index contributed by atoms with van der Waals surface area (Å²) in [6.07, 6.45) is 5.67. The van der Waals surface area contributed by atoms with Gasteiger partial charge in [-0.15, -0.1) is 11.3 Å². The molecule has 4 heterocycles. The number of fused-ring (bicyclic) bond motifs is 1. The number of aromatic amines is 1. The molecule has 1 saturated heterocycles. The Morgan fingerprint density at radius 1 is 1.31 bits per heavy atom. The van der Waals surface area contributed by atoms with Crippen LogP contribution in [0.2, 0.25) is 0 Å². The summed E-state index contributed by atoms with van der Waals surface area (Å²) >= 11 is 1.65. The Balaban J connectivity index is 1.28. The van der Waals surface area contributed by atoms with Crippen molar-refractivity contribution in [3.05, 3.63) is 39.9 Å². The van der Waals surface area contributed by atoms with Crippen LogP contribution in [0.15, 0.2) is 12.3 Å². The van der Waals surface area contributed by atoms with Gasteiger partial charge in [0.1, 0.15) is 0 Å². The van der Waals surface area contributed by atoms with Crippen LogP contribution in [-0.2, 0) is 12.8 Å². The van der Waals surface area contributed by atoms with Crippen molar-refractivity contribution < 1.29 is 4.79 Å². The molecule has 29 heavy (non-hydrogen) atoms. The van der Waals surface area contributed by atoms with E-state index in [-0.39, 0.29) is 11.9 Å². The van der Waals surface area contributed by atoms with Gasteiger partial charge in [0.2, 0.25) is 5.95 Å². The number of carbonyl (C=O) groups is 1. The minimum Gasteiger partial charge on any atom is -0.346 e. The van der Waals surface area contributed by atoms with E-state index in [1.807, 2.05) is 19.9 Å². The first-order valence-corrected chi connectivity index (χ1v) is 10.8. The summed E-state index contributed by atoms with van der Waals surface area (Å²) < 4.78 is 0. The van der Waals surface area contributed by atoms with Crippen molar-refractivity contribution in [2.45, 2.75) is 45.6 Å². The second-order valence-corrected chi connectivity index (χ2v) is 8.88. The fourth-order valence-electron chi connectivity index (χ4n) is 4.22. The maximum atomic E-state index is 12.7. The average molecular weight is 410 g/mol. The van der Waals surface area contributed by atoms with Gasteiger partial charge in [-0.3, -0.25) is 9.89 Å². The summed E-state index contributed by atoms with van der Waals surface area (Å²) in [5, 5.41) is 11.4. The van der Waals surface area contributed by atoms with Crippen molar-refractivity contribution in [2.75, 3.05) is 18.0 Å². The number of H-pyrrole nitrogens is 1. The second kappa shape index (κ2) is 7.22. The Hall–Kier alpha value is -2.81. The third-order valence-electron chi connectivity index (χ3n) is 5.61. The third kappa shape index (κ3) is 3.39. The van der Waals surface area contributed by atoms with E-state index in [9.17, 15) is 4.79 Å². The van der Waals surface area contributed by atoms with Gasteiger partial charge in [-0.05, 0) is 45.6 Å². The quantitative estimate of drug-likeness (QED) is 0.687. The number of anilines is 1. The first-order valence-electron chi connectivity index (χ1n) is 9.98. The lowest BCUT2D eigenvalue weighted by atomic mass is 10.2. The van der Waals surface area contributed by atoms with E-state index >= 15 is 0 Å². The number of nitrogens with zero attached hydrogens (tertiary/aromatic N) is 5. The molecule has 1 amide bonds. The van der Waals surface area contributed by atoms with E-state index in [1.165, 1.54) is 0 Å². The molecular formula is C20H23N7OS. The van der Waals surface area contributed by atoms with Crippen molar-refractivity contribution in [1.82, 2.24) is 30.5 Å². The molecule has 2 N–H and O–H groups in total. The van der Waals surface area contributed by atoms with Gasteiger partial charge < -0.3 is 10.2 Å². The largest absolute Gasteiger partial charge is 0.346 e. The van der Waals surface area contributed by atoms with Crippen LogP contribution in [0.25, 0.3) is 10.6 Å². The number of thiazole rings is 1. The zero-order valence-electron chi connectivity index (χ0n) is 16.5. The molecule has 0 bridgehead atoms. The first-order chi connectivity index (χ1) is 14.1. The number of hydrogen-bond acceptors (Lipinski definition) is 7. The predicted molar refractivity (Wildman–Crippen MR) is 111 cm³/mol. The Kier molecular flexibility index (Phi) is 4.54. The topological polar surface area (TPSA) is 99.7 Å². The summed E-state index contributed by atoms with van der Waals surface area (Å²) in [6.45, 7) is 5.52. The maximum absolute atomic E-state index is 12.7. The summed E-state index contributed by atoms with van der Waals surface area (Å²) in [6, 6.07) is 1.99. The molecule has 150 valence electrons. The van der Waals surface area contributed by atoms with Crippen molar-refractivity contribution in [1.29, 1.82) is 0 Å². The van der Waals surface area contributed by atoms with Crippen molar-refractivity contribution in [2.24, 2.45) is 0 Å². The second-order valence-electron chi connectivity index (χ2n) is 7.68. The van der Waals surface area contributed by atoms with Crippen LogP contribution in [0.5, 0.6) is 0 Å². The minimum atomic E-state index is -0.0818. The number of aryl methyl sites for hydroxylation is 3. The van der Waals surface area contributed by atoms with E-state index < -0.39 is 0 Å². The van der Waals surface area contributed by atoms with E-state index in [0.29, 0.717) is 18.2 Å². The monoisotopic (exact) mass is 409 g/mol. The molecule has 1 aliphatic heterocycles. The molecule has 1 fully saturated rings. The van der Waals surface area contributed by atoms with Gasteiger partial charge in [-0.25, -0.2) is 15.0 Å². The molecule has 0 aromatic carbocycles. The van der Waals surface area contributed by atoms with Gasteiger partial charge in [0, 0.05) is 36.6 Å². The smallest absolute Gasteiger partial charge is 0.272 e. The van der Waals surface area contributed by atoms with E-state index in [0.717, 1.165) is 64.8 Å². The van der Waals surface area contributed by atoms with E-state index in [1.54, 1.807) is 17.5 Å². The maximum Gasteiger partial charge on any atom is 0.272 e. The Morgan fingerprint density at radius 2 is 2.21 bits per heavy atom. The molecule has 1 atom stereocenters. The fourth-order valence-corrected chi connectivity index (χ4v) is 5.11. The standard InChI is InChI=1S/C20H23N7OS/c1-11-18(29-12(2)22-11)16-6-8-21-20(24-16)27-9-7-13(10-27)23-19(28)17-14-4-3-5-15(14)25-26-17/h6,8,13H,3-5,7,9-10H2,1-2H3,(H,23,28)(H,25,26). The van der Waals surface area contributed by atoms with E-state index in [4.69, 9.17) is 4.98 Å². The summed E-state index contributed by atoms with van der Waals surface area (Å²) in [5.41, 5.74) is 4.66. The highest BCUT2D eigenvalue weighted by atomic mass is 32.1. The number of carbonyl (C=O) groups excluding carboxylic acids is 1. The van der Waals surface area contributed by atoms with Crippen LogP contribution >= 0.6 is 11.3 Å². The van der Waals surface area contributed by atoms with Gasteiger partial charge in [0.15, 0.2) is 5.69 Å². The molecule has 1 aliphatic carbocycles. The zero-order chi connectivity index (χ0) is 20.0. The molecule has 0 radical (unpaired) electrons. The molecule has 8 nitrogen and oxygen atoms in total. The SMILES string of the molecule is Cc1nc(C)c(-c2ccnc(N3CCC(NC(=O)c4n[nH]c5c4CCC5)C3)n2)s1. The van der Waals surface area contributed by atoms with Gasteiger partial charge in [0.05, 0.1) is 21.3 Å². The molecule has 5 rings (SSSR count). The molecular weight excluding hydrogens is 386 g/mol. The van der Waals surface area contributed by atoms with Gasteiger partial charge in [-0.1, -0.05) is 0 Å². The van der Waals surface area contributed by atoms with Crippen molar-refractivity contribution in [3.8, 4) is 10.6 Å². The summed E-state index contributed by atoms with van der Waals surface area (Å²) in [7, 11) is 0. The van der Waals surface area contributed by atoms with Crippen molar-refractivity contribution in [3.63, 3.8) is 0 Å². The molecule has 2 aliphatic rings. The number of amides is 1. The van der Waals surface area contributed by atoms with Crippen LogP contribution in [0.3, 0.4) is 0 Å². The van der Waals surface area contributed by atoms with Crippen LogP contribution in [0.1, 0.15) is 45.3 Å². The van der Waals surface area contributed by atoms with Gasteiger partial charge >= 0.3 is 0 Å². The highest BCUT2D eigenvalue weighted by Crippen LogP contribution is 2.29. The number of rotatable bonds is 4. The molecule has 3 aromatic heterocycles. The lowest BCUT2D eigenvalue weighted by molar-refractivity contribution is 0.0934. The number of nitrogens with one attached hydrogen (secondary N) is 2. The van der Waals surface area contributed by atoms with Crippen LogP contribution in [0, 0.1) is 13.8 Å². The highest BCUT2D eigenvalue weighted by molar-refractivity contribution is 7.15. The van der Waals surface area contributed by atoms with Crippen LogP contribution in [0.4, 0.5) is 5.95 Å². The molecule has 3 aromatic rings. The van der Waals surface area contributed by atoms with Crippen LogP contribution in [-0.4, -0.2) is 50.2 Å². The Labute approximate surface area is 172 Å². The summed E-state index contributed by atoms with van der Waals surface area (Å²) in [5.74, 6) is 0.618. The minimum absolute atomic E-state index is 0.0656. The predicted octanol–water partition coefficient (Wildman–Crippen LogP) is 2.44. The fraction of sp³-hybridized carbons (Fsp3) is 0.450. The third-order valence-corrected chi connectivity index (χ3v) is 6.70.